The van der Waals surface area contributed by atoms with Gasteiger partial charge in [-0.2, -0.15) is 5.10 Å². The van der Waals surface area contributed by atoms with Crippen molar-refractivity contribution in [3.8, 4) is 0 Å². The van der Waals surface area contributed by atoms with Gasteiger partial charge < -0.3 is 0 Å². The number of hydrazone groups is 1. The lowest BCUT2D eigenvalue weighted by Gasteiger charge is -2.08. The molecule has 0 aromatic heterocycles. The summed E-state index contributed by atoms with van der Waals surface area (Å²) in [6.07, 6.45) is 0. The van der Waals surface area contributed by atoms with Gasteiger partial charge in [0, 0.05) is 11.1 Å². The number of hydrogen-bond acceptors (Lipinski definition) is 2. The summed E-state index contributed by atoms with van der Waals surface area (Å²) in [5.41, 5.74) is 5.07. The molecule has 0 radical (unpaired) electrons. The second-order valence-corrected chi connectivity index (χ2v) is 4.94. The quantitative estimate of drug-likeness (QED) is 0.523. The van der Waals surface area contributed by atoms with Crippen LogP contribution in [0.2, 0.25) is 0 Å². The SMILES string of the molecule is C[C@H](Cl)C(=O)NN=C(c1ccccc1)c1ccccc1. The lowest BCUT2D eigenvalue weighted by atomic mass is 10.0. The molecule has 0 heterocycles. The molecule has 2 rings (SSSR count). The molecule has 0 fully saturated rings. The van der Waals surface area contributed by atoms with Crippen LogP contribution < -0.4 is 5.43 Å². The largest absolute Gasteiger partial charge is 0.271 e. The van der Waals surface area contributed by atoms with Crippen LogP contribution in [0.1, 0.15) is 18.1 Å². The van der Waals surface area contributed by atoms with E-state index in [-0.39, 0.29) is 5.91 Å². The Morgan fingerprint density at radius 1 is 1.00 bits per heavy atom. The van der Waals surface area contributed by atoms with Crippen molar-refractivity contribution in [1.29, 1.82) is 0 Å². The van der Waals surface area contributed by atoms with Crippen LogP contribution in [0.4, 0.5) is 0 Å². The number of nitrogens with one attached hydrogen (secondary N) is 1. The molecule has 0 unspecified atom stereocenters. The van der Waals surface area contributed by atoms with Crippen molar-refractivity contribution >= 4 is 23.2 Å². The Hall–Kier alpha value is -2.13. The second kappa shape index (κ2) is 6.87. The van der Waals surface area contributed by atoms with Crippen LogP contribution in [0.3, 0.4) is 0 Å². The van der Waals surface area contributed by atoms with Crippen LogP contribution in [0, 0.1) is 0 Å². The average Bonchev–Trinajstić information content (AvgIpc) is 2.49. The molecule has 2 aromatic rings. The van der Waals surface area contributed by atoms with Crippen molar-refractivity contribution in [3.63, 3.8) is 0 Å². The summed E-state index contributed by atoms with van der Waals surface area (Å²) < 4.78 is 0. The first-order valence-electron chi connectivity index (χ1n) is 6.31. The lowest BCUT2D eigenvalue weighted by molar-refractivity contribution is -0.120. The minimum Gasteiger partial charge on any atom is -0.271 e. The highest BCUT2D eigenvalue weighted by molar-refractivity contribution is 6.30. The van der Waals surface area contributed by atoms with Gasteiger partial charge in [0.15, 0.2) is 0 Å². The molecule has 0 bridgehead atoms. The number of amides is 1. The van der Waals surface area contributed by atoms with Gasteiger partial charge in [-0.25, -0.2) is 5.43 Å². The van der Waals surface area contributed by atoms with Gasteiger partial charge in [-0.3, -0.25) is 4.79 Å². The Morgan fingerprint density at radius 3 is 1.85 bits per heavy atom. The van der Waals surface area contributed by atoms with Gasteiger partial charge in [0.2, 0.25) is 0 Å². The normalized spacial score (nSPS) is 11.5. The Labute approximate surface area is 123 Å². The Kier molecular flexibility index (Phi) is 4.91. The number of rotatable bonds is 4. The Morgan fingerprint density at radius 2 is 1.45 bits per heavy atom. The fourth-order valence-electron chi connectivity index (χ4n) is 1.69. The maximum atomic E-state index is 11.6. The zero-order valence-electron chi connectivity index (χ0n) is 11.1. The van der Waals surface area contributed by atoms with E-state index in [4.69, 9.17) is 11.6 Å². The van der Waals surface area contributed by atoms with E-state index in [1.165, 1.54) is 0 Å². The van der Waals surface area contributed by atoms with Crippen molar-refractivity contribution in [1.82, 2.24) is 5.43 Å². The molecule has 0 aliphatic rings. The van der Waals surface area contributed by atoms with E-state index < -0.39 is 5.38 Å². The summed E-state index contributed by atoms with van der Waals surface area (Å²) in [5, 5.41) is 3.60. The number of hydrogen-bond donors (Lipinski definition) is 1. The van der Waals surface area contributed by atoms with Gasteiger partial charge in [0.1, 0.15) is 5.38 Å². The number of carbonyl (C=O) groups excluding carboxylic acids is 1. The average molecular weight is 287 g/mol. The highest BCUT2D eigenvalue weighted by Crippen LogP contribution is 2.10. The van der Waals surface area contributed by atoms with Crippen LogP contribution in [0.5, 0.6) is 0 Å². The molecule has 0 aliphatic carbocycles. The molecule has 20 heavy (non-hydrogen) atoms. The summed E-state index contributed by atoms with van der Waals surface area (Å²) in [6.45, 7) is 1.61. The summed E-state index contributed by atoms with van der Waals surface area (Å²) >= 11 is 5.72. The standard InChI is InChI=1S/C16H15ClN2O/c1-12(17)16(20)19-18-15(13-8-4-2-5-9-13)14-10-6-3-7-11-14/h2-12H,1H3,(H,19,20)/t12-/m0/s1. The van der Waals surface area contributed by atoms with Crippen LogP contribution in [0.15, 0.2) is 65.8 Å². The number of halogens is 1. The van der Waals surface area contributed by atoms with E-state index in [9.17, 15) is 4.79 Å². The number of benzene rings is 2. The van der Waals surface area contributed by atoms with Crippen molar-refractivity contribution in [2.45, 2.75) is 12.3 Å². The second-order valence-electron chi connectivity index (χ2n) is 4.28. The monoisotopic (exact) mass is 286 g/mol. The highest BCUT2D eigenvalue weighted by atomic mass is 35.5. The maximum Gasteiger partial charge on any atom is 0.257 e. The van der Waals surface area contributed by atoms with Gasteiger partial charge in [-0.15, -0.1) is 11.6 Å². The molecule has 3 nitrogen and oxygen atoms in total. The zero-order valence-corrected chi connectivity index (χ0v) is 11.8. The molecular formula is C16H15ClN2O. The molecule has 1 amide bonds. The Bertz CT molecular complexity index is 553. The van der Waals surface area contributed by atoms with E-state index in [0.29, 0.717) is 5.71 Å². The molecular weight excluding hydrogens is 272 g/mol. The fraction of sp³-hybridized carbons (Fsp3) is 0.125. The molecule has 0 saturated carbocycles. The first kappa shape index (κ1) is 14.3. The maximum absolute atomic E-state index is 11.6. The van der Waals surface area contributed by atoms with E-state index in [0.717, 1.165) is 11.1 Å². The predicted molar refractivity (Wildman–Crippen MR) is 82.0 cm³/mol. The minimum atomic E-state index is -0.619. The van der Waals surface area contributed by atoms with Crippen LogP contribution in [0.25, 0.3) is 0 Å². The third-order valence-electron chi connectivity index (χ3n) is 2.73. The molecule has 102 valence electrons. The molecule has 0 aliphatic heterocycles. The highest BCUT2D eigenvalue weighted by Gasteiger charge is 2.10. The molecule has 4 heteroatoms. The van der Waals surface area contributed by atoms with Crippen molar-refractivity contribution in [2.75, 3.05) is 0 Å². The topological polar surface area (TPSA) is 41.5 Å². The summed E-state index contributed by atoms with van der Waals surface area (Å²) in [5.74, 6) is -0.323. The van der Waals surface area contributed by atoms with Crippen LogP contribution in [-0.4, -0.2) is 17.0 Å². The molecule has 2 aromatic carbocycles. The van der Waals surface area contributed by atoms with E-state index >= 15 is 0 Å². The van der Waals surface area contributed by atoms with Gasteiger partial charge in [0.25, 0.3) is 5.91 Å². The van der Waals surface area contributed by atoms with Crippen molar-refractivity contribution in [2.24, 2.45) is 5.10 Å². The van der Waals surface area contributed by atoms with Gasteiger partial charge in [0.05, 0.1) is 5.71 Å². The van der Waals surface area contributed by atoms with Gasteiger partial charge >= 0.3 is 0 Å². The lowest BCUT2D eigenvalue weighted by Crippen LogP contribution is -2.26. The number of alkyl halides is 1. The predicted octanol–water partition coefficient (Wildman–Crippen LogP) is 3.18. The third-order valence-corrected chi connectivity index (χ3v) is 2.93. The van der Waals surface area contributed by atoms with Gasteiger partial charge in [-0.1, -0.05) is 60.7 Å². The summed E-state index contributed by atoms with van der Waals surface area (Å²) in [6, 6.07) is 19.4. The first-order valence-corrected chi connectivity index (χ1v) is 6.74. The molecule has 0 saturated heterocycles. The van der Waals surface area contributed by atoms with Gasteiger partial charge in [-0.05, 0) is 6.92 Å². The van der Waals surface area contributed by atoms with Crippen LogP contribution in [-0.2, 0) is 4.79 Å². The smallest absolute Gasteiger partial charge is 0.257 e. The van der Waals surface area contributed by atoms with E-state index in [1.807, 2.05) is 60.7 Å². The zero-order chi connectivity index (χ0) is 14.4. The summed E-state index contributed by atoms with van der Waals surface area (Å²) in [4.78, 5) is 11.6. The van der Waals surface area contributed by atoms with Crippen molar-refractivity contribution < 1.29 is 4.79 Å². The summed E-state index contributed by atoms with van der Waals surface area (Å²) in [7, 11) is 0. The minimum absolute atomic E-state index is 0.323. The number of nitrogens with zero attached hydrogens (tertiary/aromatic N) is 1. The molecule has 1 N–H and O–H groups in total. The molecule has 1 atom stereocenters. The van der Waals surface area contributed by atoms with Crippen LogP contribution >= 0.6 is 11.6 Å². The fourth-order valence-corrected chi connectivity index (χ4v) is 1.74. The third kappa shape index (κ3) is 3.68. The molecule has 0 spiro atoms. The Balaban J connectivity index is 2.35. The van der Waals surface area contributed by atoms with E-state index in [1.54, 1.807) is 6.92 Å². The van der Waals surface area contributed by atoms with E-state index in [2.05, 4.69) is 10.5 Å². The first-order chi connectivity index (χ1) is 9.68. The van der Waals surface area contributed by atoms with Crippen molar-refractivity contribution in [3.05, 3.63) is 71.8 Å². The number of carbonyl (C=O) groups is 1.